The number of carbonyl (C=O) groups excluding carboxylic acids is 1. The molecule has 1 aliphatic rings. The number of halogens is 1. The van der Waals surface area contributed by atoms with Crippen LogP contribution in [-0.4, -0.2) is 23.8 Å². The highest BCUT2D eigenvalue weighted by Crippen LogP contribution is 2.31. The lowest BCUT2D eigenvalue weighted by Gasteiger charge is -2.24. The zero-order chi connectivity index (χ0) is 26.8. The number of thiazole rings is 1. The van der Waals surface area contributed by atoms with Gasteiger partial charge in [-0.1, -0.05) is 59.7 Å². The van der Waals surface area contributed by atoms with Crippen LogP contribution in [0, 0.1) is 18.2 Å². The van der Waals surface area contributed by atoms with E-state index in [9.17, 15) is 14.0 Å². The predicted octanol–water partition coefficient (Wildman–Crippen LogP) is 4.10. The maximum Gasteiger partial charge on any atom is 0.338 e. The number of esters is 1. The van der Waals surface area contributed by atoms with Crippen LogP contribution in [0.25, 0.3) is 16.8 Å². The number of ether oxygens (including phenoxy) is 2. The standard InChI is InChI=1S/C30H23FN2O4S/c1-4-16-37-24-15-12-19-8-6-7-9-22(19)23(24)17-25-28(34)33-27(20-10-13-21(31)14-11-20)26(29(35)36-5-2)18(3)32-30(33)38-25/h1,6-15,17,27H,5,16H2,2-3H3/b25-17-/t27-/m0/s1. The Morgan fingerprint density at radius 2 is 1.95 bits per heavy atom. The van der Waals surface area contributed by atoms with Gasteiger partial charge in [-0.15, -0.1) is 6.42 Å². The molecule has 0 saturated heterocycles. The van der Waals surface area contributed by atoms with Crippen molar-refractivity contribution in [3.63, 3.8) is 0 Å². The van der Waals surface area contributed by atoms with Crippen molar-refractivity contribution in [2.45, 2.75) is 19.9 Å². The molecule has 0 aliphatic carbocycles. The minimum absolute atomic E-state index is 0.0765. The lowest BCUT2D eigenvalue weighted by Crippen LogP contribution is -2.39. The normalized spacial score (nSPS) is 15.1. The van der Waals surface area contributed by atoms with Crippen molar-refractivity contribution >= 4 is 34.2 Å². The number of aromatic nitrogens is 1. The fourth-order valence-electron chi connectivity index (χ4n) is 4.55. The molecule has 38 heavy (non-hydrogen) atoms. The largest absolute Gasteiger partial charge is 0.480 e. The van der Waals surface area contributed by atoms with E-state index in [0.717, 1.165) is 10.8 Å². The fraction of sp³-hybridized carbons (Fsp3) is 0.167. The molecule has 5 rings (SSSR count). The average molecular weight is 527 g/mol. The molecule has 0 unspecified atom stereocenters. The molecule has 0 fully saturated rings. The quantitative estimate of drug-likeness (QED) is 0.280. The molecule has 1 aliphatic heterocycles. The molecule has 3 aromatic carbocycles. The van der Waals surface area contributed by atoms with Crippen LogP contribution in [0.15, 0.2) is 81.7 Å². The molecule has 0 radical (unpaired) electrons. The third-order valence-electron chi connectivity index (χ3n) is 6.22. The number of fused-ring (bicyclic) bond motifs is 2. The van der Waals surface area contributed by atoms with Gasteiger partial charge in [0, 0.05) is 5.56 Å². The van der Waals surface area contributed by atoms with E-state index in [-0.39, 0.29) is 24.3 Å². The molecule has 4 aromatic rings. The van der Waals surface area contributed by atoms with E-state index >= 15 is 0 Å². The van der Waals surface area contributed by atoms with Crippen molar-refractivity contribution in [3.8, 4) is 18.1 Å². The van der Waals surface area contributed by atoms with Gasteiger partial charge in [-0.05, 0) is 54.5 Å². The van der Waals surface area contributed by atoms with Crippen molar-refractivity contribution in [1.29, 1.82) is 0 Å². The minimum Gasteiger partial charge on any atom is -0.480 e. The van der Waals surface area contributed by atoms with Crippen LogP contribution in [-0.2, 0) is 9.53 Å². The van der Waals surface area contributed by atoms with E-state index in [1.807, 2.05) is 36.4 Å². The Hall–Kier alpha value is -4.48. The summed E-state index contributed by atoms with van der Waals surface area (Å²) in [7, 11) is 0. The van der Waals surface area contributed by atoms with Crippen LogP contribution < -0.4 is 19.6 Å². The highest BCUT2D eigenvalue weighted by molar-refractivity contribution is 7.07. The minimum atomic E-state index is -0.822. The van der Waals surface area contributed by atoms with E-state index < -0.39 is 17.8 Å². The number of nitrogens with zero attached hydrogens (tertiary/aromatic N) is 2. The Labute approximate surface area is 222 Å². The van der Waals surface area contributed by atoms with Crippen LogP contribution in [0.1, 0.15) is 31.0 Å². The van der Waals surface area contributed by atoms with Crippen molar-refractivity contribution in [2.24, 2.45) is 4.99 Å². The molecule has 0 N–H and O–H groups in total. The number of carbonyl (C=O) groups is 1. The van der Waals surface area contributed by atoms with Gasteiger partial charge >= 0.3 is 5.97 Å². The Bertz CT molecular complexity index is 1810. The summed E-state index contributed by atoms with van der Waals surface area (Å²) in [5, 5.41) is 1.87. The van der Waals surface area contributed by atoms with Crippen LogP contribution in [0.5, 0.6) is 5.75 Å². The molecule has 6 nitrogen and oxygen atoms in total. The molecular formula is C30H23FN2O4S. The molecule has 0 spiro atoms. The summed E-state index contributed by atoms with van der Waals surface area (Å²) in [6.45, 7) is 3.65. The second-order valence-corrected chi connectivity index (χ2v) is 9.55. The van der Waals surface area contributed by atoms with Gasteiger partial charge in [0.1, 0.15) is 18.2 Å². The first-order chi connectivity index (χ1) is 18.4. The number of allylic oxidation sites excluding steroid dienone is 1. The first-order valence-electron chi connectivity index (χ1n) is 12.0. The molecule has 1 atom stereocenters. The van der Waals surface area contributed by atoms with Gasteiger partial charge in [-0.25, -0.2) is 14.2 Å². The number of hydrogen-bond donors (Lipinski definition) is 0. The maximum atomic E-state index is 13.9. The smallest absolute Gasteiger partial charge is 0.338 e. The molecule has 0 bridgehead atoms. The van der Waals surface area contributed by atoms with Gasteiger partial charge in [-0.2, -0.15) is 0 Å². The maximum absolute atomic E-state index is 13.9. The summed E-state index contributed by atoms with van der Waals surface area (Å²) in [5.41, 5.74) is 1.62. The zero-order valence-corrected chi connectivity index (χ0v) is 21.5. The van der Waals surface area contributed by atoms with Gasteiger partial charge in [0.2, 0.25) is 0 Å². The van der Waals surface area contributed by atoms with E-state index in [2.05, 4.69) is 10.9 Å². The van der Waals surface area contributed by atoms with Crippen molar-refractivity contribution in [2.75, 3.05) is 13.2 Å². The second-order valence-electron chi connectivity index (χ2n) is 8.55. The molecule has 190 valence electrons. The van der Waals surface area contributed by atoms with Crippen LogP contribution >= 0.6 is 11.3 Å². The molecule has 8 heteroatoms. The van der Waals surface area contributed by atoms with Crippen LogP contribution in [0.3, 0.4) is 0 Å². The molecule has 2 heterocycles. The van der Waals surface area contributed by atoms with E-state index in [0.29, 0.717) is 31.9 Å². The van der Waals surface area contributed by atoms with Crippen LogP contribution in [0.2, 0.25) is 0 Å². The van der Waals surface area contributed by atoms with Gasteiger partial charge in [0.15, 0.2) is 4.80 Å². The van der Waals surface area contributed by atoms with Gasteiger partial charge in [0.25, 0.3) is 5.56 Å². The SMILES string of the molecule is C#CCOc1ccc2ccccc2c1/C=c1\sc2n(c1=O)[C@@H](c1ccc(F)cc1)C(C(=O)OCC)=C(C)N=2. The average Bonchev–Trinajstić information content (AvgIpc) is 3.22. The van der Waals surface area contributed by atoms with E-state index in [1.54, 1.807) is 32.1 Å². The first kappa shape index (κ1) is 25.2. The van der Waals surface area contributed by atoms with Gasteiger partial charge < -0.3 is 9.47 Å². The summed E-state index contributed by atoms with van der Waals surface area (Å²) < 4.78 is 26.7. The molecular weight excluding hydrogens is 503 g/mol. The lowest BCUT2D eigenvalue weighted by atomic mass is 9.96. The highest BCUT2D eigenvalue weighted by atomic mass is 32.1. The summed E-state index contributed by atoms with van der Waals surface area (Å²) >= 11 is 1.20. The van der Waals surface area contributed by atoms with E-state index in [4.69, 9.17) is 15.9 Å². The van der Waals surface area contributed by atoms with Gasteiger partial charge in [-0.3, -0.25) is 9.36 Å². The summed E-state index contributed by atoms with van der Waals surface area (Å²) in [4.78, 5) is 31.9. The summed E-state index contributed by atoms with van der Waals surface area (Å²) in [6, 6.07) is 16.4. The summed E-state index contributed by atoms with van der Waals surface area (Å²) in [5.74, 6) is 2.03. The second kappa shape index (κ2) is 10.5. The lowest BCUT2D eigenvalue weighted by molar-refractivity contribution is -0.139. The first-order valence-corrected chi connectivity index (χ1v) is 12.8. The number of benzene rings is 3. The topological polar surface area (TPSA) is 69.9 Å². The van der Waals surface area contributed by atoms with Gasteiger partial charge in [0.05, 0.1) is 28.5 Å². The molecule has 0 amide bonds. The Morgan fingerprint density at radius 1 is 1.18 bits per heavy atom. The fourth-order valence-corrected chi connectivity index (χ4v) is 5.58. The van der Waals surface area contributed by atoms with Crippen molar-refractivity contribution < 1.29 is 18.7 Å². The number of hydrogen-bond acceptors (Lipinski definition) is 6. The Kier molecular flexibility index (Phi) is 6.95. The third-order valence-corrected chi connectivity index (χ3v) is 7.20. The predicted molar refractivity (Wildman–Crippen MR) is 145 cm³/mol. The molecule has 0 saturated carbocycles. The Morgan fingerprint density at radius 3 is 2.68 bits per heavy atom. The van der Waals surface area contributed by atoms with Crippen molar-refractivity contribution in [1.82, 2.24) is 4.57 Å². The number of rotatable bonds is 6. The highest BCUT2D eigenvalue weighted by Gasteiger charge is 2.33. The zero-order valence-electron chi connectivity index (χ0n) is 20.7. The third kappa shape index (κ3) is 4.53. The van der Waals surface area contributed by atoms with E-state index in [1.165, 1.54) is 28.0 Å². The van der Waals surface area contributed by atoms with Crippen molar-refractivity contribution in [3.05, 3.63) is 109 Å². The molecule has 1 aromatic heterocycles. The van der Waals surface area contributed by atoms with Crippen LogP contribution in [0.4, 0.5) is 4.39 Å². The number of terminal acetylenes is 1. The Balaban J connectivity index is 1.77. The monoisotopic (exact) mass is 526 g/mol. The summed E-state index contributed by atoms with van der Waals surface area (Å²) in [6.07, 6.45) is 7.19.